The molecule has 0 aliphatic carbocycles. The van der Waals surface area contributed by atoms with Gasteiger partial charge in [-0.1, -0.05) is 96.1 Å². The molecule has 0 bridgehead atoms. The van der Waals surface area contributed by atoms with Gasteiger partial charge in [0.15, 0.2) is 0 Å². The van der Waals surface area contributed by atoms with Gasteiger partial charge in [-0.2, -0.15) is 0 Å². The maximum Gasteiger partial charge on any atom is 0.122 e. The standard InChI is InChI=1S/C20H38O.C10H16O/c1-7-20(6,21)16-10-15-19(5)14-9-13-18(4)12-8-11-17(2)3;1-5-10(4,11)8-6-7-9(2)3/h1,17-19,21H,8-16H2,2-6H3;1,7,11H,6,8H2,2-4H3. The second-order valence-corrected chi connectivity index (χ2v) is 11.0. The first-order valence-corrected chi connectivity index (χ1v) is 12.8. The maximum absolute atomic E-state index is 9.77. The Kier molecular flexibility index (Phi) is 18.8. The minimum Gasteiger partial charge on any atom is -0.378 e. The van der Waals surface area contributed by atoms with Gasteiger partial charge in [0.2, 0.25) is 0 Å². The van der Waals surface area contributed by atoms with Crippen molar-refractivity contribution in [3.63, 3.8) is 0 Å². The number of aliphatic hydroxyl groups is 2. The van der Waals surface area contributed by atoms with Crippen molar-refractivity contribution in [1.82, 2.24) is 0 Å². The quantitative estimate of drug-likeness (QED) is 0.198. The van der Waals surface area contributed by atoms with E-state index in [4.69, 9.17) is 12.8 Å². The fraction of sp³-hybridized carbons (Fsp3) is 0.800. The van der Waals surface area contributed by atoms with Crippen molar-refractivity contribution >= 4 is 0 Å². The van der Waals surface area contributed by atoms with E-state index in [2.05, 4.69) is 45.6 Å². The third-order valence-electron chi connectivity index (χ3n) is 6.04. The smallest absolute Gasteiger partial charge is 0.122 e. The van der Waals surface area contributed by atoms with Crippen LogP contribution in [-0.4, -0.2) is 21.4 Å². The highest BCUT2D eigenvalue weighted by Gasteiger charge is 2.16. The molecule has 0 aromatic heterocycles. The number of terminal acetylenes is 2. The summed E-state index contributed by atoms with van der Waals surface area (Å²) in [5, 5.41) is 19.1. The highest BCUT2D eigenvalue weighted by atomic mass is 16.3. The molecule has 0 amide bonds. The van der Waals surface area contributed by atoms with E-state index in [0.717, 1.165) is 37.0 Å². The van der Waals surface area contributed by atoms with Crippen molar-refractivity contribution in [3.05, 3.63) is 11.6 Å². The van der Waals surface area contributed by atoms with E-state index in [1.54, 1.807) is 13.8 Å². The number of rotatable bonds is 15. The molecule has 0 aliphatic rings. The molecule has 2 N–H and O–H groups in total. The number of allylic oxidation sites excluding steroid dienone is 2. The molecular formula is C30H54O2. The Labute approximate surface area is 201 Å². The Hall–Kier alpha value is -1.22. The van der Waals surface area contributed by atoms with E-state index < -0.39 is 11.2 Å². The summed E-state index contributed by atoms with van der Waals surface area (Å²) in [6.07, 6.45) is 25.0. The molecule has 2 nitrogen and oxygen atoms in total. The summed E-state index contributed by atoms with van der Waals surface area (Å²) in [4.78, 5) is 0. The van der Waals surface area contributed by atoms with Crippen LogP contribution in [-0.2, 0) is 0 Å². The van der Waals surface area contributed by atoms with Crippen LogP contribution < -0.4 is 0 Å². The summed E-state index contributed by atoms with van der Waals surface area (Å²) < 4.78 is 0. The lowest BCUT2D eigenvalue weighted by Crippen LogP contribution is -2.20. The van der Waals surface area contributed by atoms with E-state index in [-0.39, 0.29) is 0 Å². The molecule has 0 aliphatic heterocycles. The van der Waals surface area contributed by atoms with Gasteiger partial charge in [0.25, 0.3) is 0 Å². The van der Waals surface area contributed by atoms with Gasteiger partial charge in [0.1, 0.15) is 11.2 Å². The van der Waals surface area contributed by atoms with E-state index in [1.807, 2.05) is 13.8 Å². The van der Waals surface area contributed by atoms with Crippen LogP contribution in [0.2, 0.25) is 0 Å². The molecule has 0 rings (SSSR count). The summed E-state index contributed by atoms with van der Waals surface area (Å²) >= 11 is 0. The largest absolute Gasteiger partial charge is 0.378 e. The summed E-state index contributed by atoms with van der Waals surface area (Å²) in [5.41, 5.74) is -0.589. The van der Waals surface area contributed by atoms with E-state index in [1.165, 1.54) is 50.5 Å². The molecule has 0 radical (unpaired) electrons. The molecule has 4 unspecified atom stereocenters. The van der Waals surface area contributed by atoms with Crippen molar-refractivity contribution in [1.29, 1.82) is 0 Å². The van der Waals surface area contributed by atoms with Crippen LogP contribution in [0.1, 0.15) is 126 Å². The van der Waals surface area contributed by atoms with E-state index >= 15 is 0 Å². The molecular weight excluding hydrogens is 392 g/mol. The van der Waals surface area contributed by atoms with Crippen LogP contribution in [0.25, 0.3) is 0 Å². The number of hydrogen-bond acceptors (Lipinski definition) is 2. The van der Waals surface area contributed by atoms with Gasteiger partial charge >= 0.3 is 0 Å². The first-order chi connectivity index (χ1) is 14.7. The maximum atomic E-state index is 9.77. The van der Waals surface area contributed by atoms with Crippen LogP contribution in [0.4, 0.5) is 0 Å². The molecule has 32 heavy (non-hydrogen) atoms. The Morgan fingerprint density at radius 2 is 1.16 bits per heavy atom. The molecule has 0 saturated heterocycles. The zero-order chi connectivity index (χ0) is 25.2. The minimum atomic E-state index is -0.939. The second kappa shape index (κ2) is 18.2. The lowest BCUT2D eigenvalue weighted by molar-refractivity contribution is 0.107. The molecule has 186 valence electrons. The predicted octanol–water partition coefficient (Wildman–Crippen LogP) is 7.93. The lowest BCUT2D eigenvalue weighted by Gasteiger charge is -2.18. The average Bonchev–Trinajstić information content (AvgIpc) is 2.67. The number of hydrogen-bond donors (Lipinski definition) is 2. The zero-order valence-electron chi connectivity index (χ0n) is 22.6. The normalized spacial score (nSPS) is 16.4. The average molecular weight is 447 g/mol. The van der Waals surface area contributed by atoms with Crippen molar-refractivity contribution in [2.45, 2.75) is 137 Å². The SMILES string of the molecule is C#CC(C)(O)CCC=C(C)C.C#CC(C)(O)CCCC(C)CCCC(C)CCCC(C)C. The van der Waals surface area contributed by atoms with E-state index in [0.29, 0.717) is 6.42 Å². The summed E-state index contributed by atoms with van der Waals surface area (Å²) in [6, 6.07) is 0. The Morgan fingerprint density at radius 3 is 1.56 bits per heavy atom. The summed E-state index contributed by atoms with van der Waals surface area (Å²) in [5.74, 6) is 7.27. The van der Waals surface area contributed by atoms with Gasteiger partial charge in [-0.25, -0.2) is 0 Å². The van der Waals surface area contributed by atoms with Gasteiger partial charge in [0.05, 0.1) is 0 Å². The Bertz CT molecular complexity index is 565. The van der Waals surface area contributed by atoms with Crippen LogP contribution >= 0.6 is 0 Å². The fourth-order valence-corrected chi connectivity index (χ4v) is 3.56. The molecule has 0 aromatic rings. The molecule has 0 heterocycles. The molecule has 2 heteroatoms. The highest BCUT2D eigenvalue weighted by Crippen LogP contribution is 2.22. The van der Waals surface area contributed by atoms with Gasteiger partial charge < -0.3 is 10.2 Å². The topological polar surface area (TPSA) is 40.5 Å². The van der Waals surface area contributed by atoms with Crippen molar-refractivity contribution in [2.24, 2.45) is 17.8 Å². The zero-order valence-corrected chi connectivity index (χ0v) is 22.6. The summed E-state index contributed by atoms with van der Waals surface area (Å²) in [6.45, 7) is 16.8. The van der Waals surface area contributed by atoms with Gasteiger partial charge in [-0.05, 0) is 71.1 Å². The summed E-state index contributed by atoms with van der Waals surface area (Å²) in [7, 11) is 0. The van der Waals surface area contributed by atoms with Crippen molar-refractivity contribution in [3.8, 4) is 24.7 Å². The molecule has 0 saturated carbocycles. The molecule has 0 spiro atoms. The highest BCUT2D eigenvalue weighted by molar-refractivity contribution is 5.06. The third-order valence-corrected chi connectivity index (χ3v) is 6.04. The van der Waals surface area contributed by atoms with Crippen LogP contribution in [0, 0.1) is 42.4 Å². The van der Waals surface area contributed by atoms with E-state index in [9.17, 15) is 10.2 Å². The Balaban J connectivity index is 0. The fourth-order valence-electron chi connectivity index (χ4n) is 3.56. The minimum absolute atomic E-state index is 0.634. The van der Waals surface area contributed by atoms with Crippen LogP contribution in [0.3, 0.4) is 0 Å². The monoisotopic (exact) mass is 446 g/mol. The first-order valence-electron chi connectivity index (χ1n) is 12.8. The lowest BCUT2D eigenvalue weighted by atomic mass is 9.90. The van der Waals surface area contributed by atoms with Crippen molar-refractivity contribution < 1.29 is 10.2 Å². The van der Waals surface area contributed by atoms with Gasteiger partial charge in [-0.3, -0.25) is 0 Å². The van der Waals surface area contributed by atoms with Gasteiger partial charge in [-0.15, -0.1) is 12.8 Å². The predicted molar refractivity (Wildman–Crippen MR) is 142 cm³/mol. The molecule has 4 atom stereocenters. The van der Waals surface area contributed by atoms with Crippen LogP contribution in [0.15, 0.2) is 11.6 Å². The Morgan fingerprint density at radius 1 is 0.750 bits per heavy atom. The van der Waals surface area contributed by atoms with Gasteiger partial charge in [0, 0.05) is 0 Å². The van der Waals surface area contributed by atoms with Crippen LogP contribution in [0.5, 0.6) is 0 Å². The first kappa shape index (κ1) is 33.0. The third kappa shape index (κ3) is 23.4. The molecule has 0 fully saturated rings. The van der Waals surface area contributed by atoms with Crippen molar-refractivity contribution in [2.75, 3.05) is 0 Å². The molecule has 0 aromatic carbocycles. The second-order valence-electron chi connectivity index (χ2n) is 11.0.